The molecule has 1 aromatic heterocycles. The van der Waals surface area contributed by atoms with E-state index >= 15 is 0 Å². The molecule has 3 rings (SSSR count). The van der Waals surface area contributed by atoms with Crippen molar-refractivity contribution in [1.82, 2.24) is 10.2 Å². The van der Waals surface area contributed by atoms with Crippen LogP contribution in [0.2, 0.25) is 0 Å². The van der Waals surface area contributed by atoms with Crippen molar-refractivity contribution in [3.63, 3.8) is 0 Å². The maximum absolute atomic E-state index is 13.5. The lowest BCUT2D eigenvalue weighted by molar-refractivity contribution is -0.113. The molecule has 0 saturated heterocycles. The topological polar surface area (TPSA) is 86.5 Å². The summed E-state index contributed by atoms with van der Waals surface area (Å²) in [5, 5.41) is 10.8. The molecule has 2 aromatic carbocycles. The number of carbonyl (C=O) groups is 1. The zero-order valence-corrected chi connectivity index (χ0v) is 16.3. The van der Waals surface area contributed by atoms with E-state index in [0.717, 1.165) is 11.8 Å². The number of thioether (sulfide) groups is 1. The summed E-state index contributed by atoms with van der Waals surface area (Å²) in [6.45, 7) is 1.65. The molecular weight excluding hydrogens is 385 g/mol. The maximum atomic E-state index is 13.5. The van der Waals surface area contributed by atoms with E-state index in [4.69, 9.17) is 13.9 Å². The third-order valence-electron chi connectivity index (χ3n) is 3.79. The monoisotopic (exact) mass is 403 g/mol. The fraction of sp³-hybridized carbons (Fsp3) is 0.211. The fourth-order valence-corrected chi connectivity index (χ4v) is 2.87. The van der Waals surface area contributed by atoms with E-state index < -0.39 is 0 Å². The highest BCUT2D eigenvalue weighted by atomic mass is 32.2. The molecule has 9 heteroatoms. The lowest BCUT2D eigenvalue weighted by Gasteiger charge is -2.06. The van der Waals surface area contributed by atoms with Gasteiger partial charge in [-0.25, -0.2) is 4.39 Å². The number of carbonyl (C=O) groups excluding carboxylic acids is 1. The van der Waals surface area contributed by atoms with E-state index in [9.17, 15) is 9.18 Å². The van der Waals surface area contributed by atoms with E-state index in [1.54, 1.807) is 51.5 Å². The Kier molecular flexibility index (Phi) is 6.15. The molecule has 0 bridgehead atoms. The summed E-state index contributed by atoms with van der Waals surface area (Å²) >= 11 is 1.08. The molecule has 0 aliphatic heterocycles. The molecule has 1 heterocycles. The molecule has 0 saturated carbocycles. The van der Waals surface area contributed by atoms with Gasteiger partial charge in [0.2, 0.25) is 11.8 Å². The molecule has 0 aliphatic carbocycles. The third-order valence-corrected chi connectivity index (χ3v) is 4.61. The zero-order valence-electron chi connectivity index (χ0n) is 15.5. The first-order chi connectivity index (χ1) is 13.5. The van der Waals surface area contributed by atoms with E-state index in [1.807, 2.05) is 0 Å². The number of hydrogen-bond acceptors (Lipinski definition) is 7. The minimum atomic E-state index is -0.374. The molecule has 28 heavy (non-hydrogen) atoms. The van der Waals surface area contributed by atoms with Crippen molar-refractivity contribution >= 4 is 23.4 Å². The summed E-state index contributed by atoms with van der Waals surface area (Å²) in [7, 11) is 3.10. The molecule has 0 spiro atoms. The van der Waals surface area contributed by atoms with Crippen LogP contribution in [0.4, 0.5) is 10.1 Å². The SMILES string of the molecule is COc1cc(OC)cc(-c2nnc(SCC(=O)Nc3ccc(C)c(F)c3)o2)c1. The smallest absolute Gasteiger partial charge is 0.277 e. The lowest BCUT2D eigenvalue weighted by atomic mass is 10.2. The number of nitrogens with zero attached hydrogens (tertiary/aromatic N) is 2. The summed E-state index contributed by atoms with van der Waals surface area (Å²) in [5.74, 6) is 0.814. The standard InChI is InChI=1S/C19H18FN3O4S/c1-11-4-5-13(8-16(11)20)21-17(24)10-28-19-23-22-18(27-19)12-6-14(25-2)9-15(7-12)26-3/h4-9H,10H2,1-3H3,(H,21,24). The minimum Gasteiger partial charge on any atom is -0.497 e. The number of benzene rings is 2. The van der Waals surface area contributed by atoms with E-state index in [2.05, 4.69) is 15.5 Å². The Balaban J connectivity index is 1.63. The molecule has 1 N–H and O–H groups in total. The van der Waals surface area contributed by atoms with Crippen molar-refractivity contribution in [2.45, 2.75) is 12.1 Å². The van der Waals surface area contributed by atoms with Crippen molar-refractivity contribution in [3.8, 4) is 23.0 Å². The highest BCUT2D eigenvalue weighted by Gasteiger charge is 2.14. The van der Waals surface area contributed by atoms with Crippen molar-refractivity contribution in [1.29, 1.82) is 0 Å². The molecular formula is C19H18FN3O4S. The number of aromatic nitrogens is 2. The predicted octanol–water partition coefficient (Wildman–Crippen LogP) is 3.93. The third kappa shape index (κ3) is 4.80. The Labute approximate surface area is 165 Å². The Morgan fingerprint density at radius 3 is 2.50 bits per heavy atom. The highest BCUT2D eigenvalue weighted by Crippen LogP contribution is 2.30. The summed E-state index contributed by atoms with van der Waals surface area (Å²) in [6, 6.07) is 9.73. The second kappa shape index (κ2) is 8.75. The first kappa shape index (κ1) is 19.7. The average molecular weight is 403 g/mol. The Hall–Kier alpha value is -3.07. The van der Waals surface area contributed by atoms with Crippen LogP contribution in [-0.4, -0.2) is 36.1 Å². The Morgan fingerprint density at radius 1 is 1.14 bits per heavy atom. The molecule has 3 aromatic rings. The quantitative estimate of drug-likeness (QED) is 0.598. The molecule has 1 amide bonds. The van der Waals surface area contributed by atoms with Crippen LogP contribution in [0.1, 0.15) is 5.56 Å². The summed E-state index contributed by atoms with van der Waals surface area (Å²) in [4.78, 5) is 12.0. The number of nitrogens with one attached hydrogen (secondary N) is 1. The van der Waals surface area contributed by atoms with Gasteiger partial charge in [-0.2, -0.15) is 0 Å². The van der Waals surface area contributed by atoms with Gasteiger partial charge in [0.1, 0.15) is 17.3 Å². The largest absolute Gasteiger partial charge is 0.497 e. The Bertz CT molecular complexity index is 971. The first-order valence-corrected chi connectivity index (χ1v) is 9.23. The van der Waals surface area contributed by atoms with Crippen LogP contribution in [0.3, 0.4) is 0 Å². The van der Waals surface area contributed by atoms with Gasteiger partial charge in [-0.15, -0.1) is 10.2 Å². The van der Waals surface area contributed by atoms with Crippen LogP contribution in [0, 0.1) is 12.7 Å². The zero-order chi connectivity index (χ0) is 20.1. The number of anilines is 1. The molecule has 7 nitrogen and oxygen atoms in total. The molecule has 0 fully saturated rings. The fourth-order valence-electron chi connectivity index (χ4n) is 2.31. The second-order valence-corrected chi connectivity index (χ2v) is 6.70. The molecule has 0 atom stereocenters. The van der Waals surface area contributed by atoms with E-state index in [0.29, 0.717) is 28.3 Å². The maximum Gasteiger partial charge on any atom is 0.277 e. The van der Waals surface area contributed by atoms with Crippen LogP contribution in [0.5, 0.6) is 11.5 Å². The normalized spacial score (nSPS) is 10.6. The van der Waals surface area contributed by atoms with Gasteiger partial charge in [0.05, 0.1) is 20.0 Å². The number of amides is 1. The van der Waals surface area contributed by atoms with Gasteiger partial charge in [-0.05, 0) is 36.8 Å². The summed E-state index contributed by atoms with van der Waals surface area (Å²) in [6.07, 6.45) is 0. The number of methoxy groups -OCH3 is 2. The minimum absolute atomic E-state index is 0.0402. The summed E-state index contributed by atoms with van der Waals surface area (Å²) in [5.41, 5.74) is 1.54. The Morgan fingerprint density at radius 2 is 1.86 bits per heavy atom. The van der Waals surface area contributed by atoms with Gasteiger partial charge in [0.15, 0.2) is 0 Å². The van der Waals surface area contributed by atoms with Crippen molar-refractivity contribution < 1.29 is 23.1 Å². The van der Waals surface area contributed by atoms with Crippen LogP contribution in [0.25, 0.3) is 11.5 Å². The van der Waals surface area contributed by atoms with Crippen LogP contribution >= 0.6 is 11.8 Å². The number of aryl methyl sites for hydroxylation is 1. The van der Waals surface area contributed by atoms with Crippen LogP contribution in [0.15, 0.2) is 46.0 Å². The van der Waals surface area contributed by atoms with Gasteiger partial charge in [-0.3, -0.25) is 4.79 Å². The first-order valence-electron chi connectivity index (χ1n) is 8.24. The average Bonchev–Trinajstić information content (AvgIpc) is 3.18. The van der Waals surface area contributed by atoms with Gasteiger partial charge < -0.3 is 19.2 Å². The number of rotatable bonds is 7. The van der Waals surface area contributed by atoms with E-state index in [-0.39, 0.29) is 28.6 Å². The van der Waals surface area contributed by atoms with Crippen molar-refractivity contribution in [3.05, 3.63) is 47.8 Å². The lowest BCUT2D eigenvalue weighted by Crippen LogP contribution is -2.14. The van der Waals surface area contributed by atoms with Gasteiger partial charge in [-0.1, -0.05) is 17.8 Å². The van der Waals surface area contributed by atoms with Crippen molar-refractivity contribution in [2.75, 3.05) is 25.3 Å². The van der Waals surface area contributed by atoms with Crippen molar-refractivity contribution in [2.24, 2.45) is 0 Å². The number of hydrogen-bond donors (Lipinski definition) is 1. The molecule has 0 unspecified atom stereocenters. The van der Waals surface area contributed by atoms with Gasteiger partial charge in [0, 0.05) is 17.3 Å². The van der Waals surface area contributed by atoms with E-state index in [1.165, 1.54) is 6.07 Å². The van der Waals surface area contributed by atoms with Gasteiger partial charge in [0.25, 0.3) is 5.22 Å². The molecule has 0 aliphatic rings. The highest BCUT2D eigenvalue weighted by molar-refractivity contribution is 7.99. The summed E-state index contributed by atoms with van der Waals surface area (Å²) < 4.78 is 29.6. The van der Waals surface area contributed by atoms with Gasteiger partial charge >= 0.3 is 0 Å². The predicted molar refractivity (Wildman–Crippen MR) is 103 cm³/mol. The van der Waals surface area contributed by atoms with Crippen LogP contribution in [-0.2, 0) is 4.79 Å². The second-order valence-electron chi connectivity index (χ2n) is 5.78. The molecule has 0 radical (unpaired) electrons. The number of ether oxygens (including phenoxy) is 2. The molecule has 146 valence electrons. The number of halogens is 1. The van der Waals surface area contributed by atoms with Crippen LogP contribution < -0.4 is 14.8 Å².